The highest BCUT2D eigenvalue weighted by Gasteiger charge is 2.44. The van der Waals surface area contributed by atoms with E-state index < -0.39 is 43.7 Å². The maximum atomic E-state index is 13.1. The van der Waals surface area contributed by atoms with Crippen LogP contribution in [0.3, 0.4) is 0 Å². The molecule has 4 aromatic rings. The van der Waals surface area contributed by atoms with Gasteiger partial charge >= 0.3 is 5.69 Å². The van der Waals surface area contributed by atoms with Crippen molar-refractivity contribution in [3.05, 3.63) is 134 Å². The van der Waals surface area contributed by atoms with Crippen molar-refractivity contribution in [1.82, 2.24) is 24.7 Å². The SMILES string of the molecule is COc1ccc(C(NC[C@H]2O[C@@H](n3cc(C)c(=O)[nH]c3=O)C[C@@H]2OP(O)N(CCC#N)N(C(C)C)C(C)C)(c2ccccc2)c2ccccc2)cc1. The number of benzene rings is 3. The zero-order chi connectivity index (χ0) is 37.4. The second-order valence-electron chi connectivity index (χ2n) is 13.4. The molecule has 4 atom stereocenters. The molecule has 5 rings (SSSR count). The van der Waals surface area contributed by atoms with Gasteiger partial charge in [-0.2, -0.15) is 10.0 Å². The van der Waals surface area contributed by atoms with Crippen LogP contribution in [0.5, 0.6) is 5.75 Å². The summed E-state index contributed by atoms with van der Waals surface area (Å²) in [4.78, 5) is 39.5. The highest BCUT2D eigenvalue weighted by molar-refractivity contribution is 7.43. The molecule has 1 aliphatic heterocycles. The number of nitrogens with one attached hydrogen (secondary N) is 2. The first kappa shape index (κ1) is 39.0. The molecule has 12 nitrogen and oxygen atoms in total. The number of hydrogen-bond donors (Lipinski definition) is 3. The molecule has 52 heavy (non-hydrogen) atoms. The van der Waals surface area contributed by atoms with E-state index in [0.29, 0.717) is 5.56 Å². The second-order valence-corrected chi connectivity index (χ2v) is 14.6. The van der Waals surface area contributed by atoms with Crippen LogP contribution >= 0.6 is 8.53 Å². The van der Waals surface area contributed by atoms with Crippen molar-refractivity contribution in [2.24, 2.45) is 0 Å². The quantitative estimate of drug-likeness (QED) is 0.0760. The molecule has 0 radical (unpaired) electrons. The molecule has 1 aliphatic rings. The molecule has 1 saturated heterocycles. The number of hydrazine groups is 1. The van der Waals surface area contributed by atoms with Gasteiger partial charge in [-0.05, 0) is 63.4 Å². The lowest BCUT2D eigenvalue weighted by Gasteiger charge is -2.42. The van der Waals surface area contributed by atoms with Gasteiger partial charge in [-0.25, -0.2) is 9.80 Å². The molecule has 1 fully saturated rings. The van der Waals surface area contributed by atoms with Crippen LogP contribution in [0.25, 0.3) is 0 Å². The van der Waals surface area contributed by atoms with Gasteiger partial charge in [0.1, 0.15) is 12.0 Å². The van der Waals surface area contributed by atoms with Crippen molar-refractivity contribution in [1.29, 1.82) is 5.26 Å². The molecule has 276 valence electrons. The fourth-order valence-corrected chi connectivity index (χ4v) is 8.42. The average molecular weight is 729 g/mol. The molecule has 0 spiro atoms. The van der Waals surface area contributed by atoms with E-state index in [9.17, 15) is 19.7 Å². The summed E-state index contributed by atoms with van der Waals surface area (Å²) in [6.07, 6.45) is -0.217. The topological polar surface area (TPSA) is 145 Å². The van der Waals surface area contributed by atoms with Crippen LogP contribution in [0.2, 0.25) is 0 Å². The van der Waals surface area contributed by atoms with Gasteiger partial charge in [0.05, 0.1) is 30.9 Å². The summed E-state index contributed by atoms with van der Waals surface area (Å²) in [5, 5.41) is 15.4. The van der Waals surface area contributed by atoms with Gasteiger partial charge in [0.2, 0.25) is 0 Å². The lowest BCUT2D eigenvalue weighted by Crippen LogP contribution is -2.50. The molecule has 13 heteroatoms. The molecule has 0 saturated carbocycles. The van der Waals surface area contributed by atoms with E-state index in [2.05, 4.69) is 40.6 Å². The summed E-state index contributed by atoms with van der Waals surface area (Å²) in [6.45, 7) is 10.3. The molecule has 0 amide bonds. The number of aromatic nitrogens is 2. The molecule has 3 N–H and O–H groups in total. The third-order valence-electron chi connectivity index (χ3n) is 9.32. The minimum atomic E-state index is -2.24. The van der Waals surface area contributed by atoms with Gasteiger partial charge in [-0.1, -0.05) is 72.8 Å². The normalized spacial score (nSPS) is 18.3. The highest BCUT2D eigenvalue weighted by atomic mass is 31.2. The molecule has 2 heterocycles. The molecular weight excluding hydrogens is 679 g/mol. The standard InChI is InChI=1S/C39H49N6O6P/c1-27(2)45(28(3)4)44(23-13-22-40)52(48)51-34-24-36(43-26-29(5)37(46)42-38(43)47)50-35(34)25-41-39(30-14-9-7-10-15-30,31-16-11-8-12-17-31)32-18-20-33(49-6)21-19-32/h7-12,14-21,26-28,34-36,41,48H,13,23-25H2,1-6H3,(H,42,46,47)/t34-,35+,36+,52?/m0/s1. The van der Waals surface area contributed by atoms with Crippen LogP contribution in [0.1, 0.15) is 69.0 Å². The van der Waals surface area contributed by atoms with Gasteiger partial charge in [-0.3, -0.25) is 19.7 Å². The number of nitriles is 1. The number of H-pyrrole nitrogens is 1. The van der Waals surface area contributed by atoms with E-state index in [1.54, 1.807) is 18.8 Å². The van der Waals surface area contributed by atoms with Gasteiger partial charge < -0.3 is 18.9 Å². The Bertz CT molecular complexity index is 1850. The fraction of sp³-hybridized carbons (Fsp3) is 0.410. The van der Waals surface area contributed by atoms with E-state index in [1.807, 2.05) is 93.4 Å². The number of nitrogens with zero attached hydrogens (tertiary/aromatic N) is 4. The first-order valence-corrected chi connectivity index (χ1v) is 18.7. The third-order valence-corrected chi connectivity index (χ3v) is 10.6. The third kappa shape index (κ3) is 8.54. The molecule has 0 aliphatic carbocycles. The first-order valence-electron chi connectivity index (χ1n) is 17.6. The average Bonchev–Trinajstić information content (AvgIpc) is 3.54. The Morgan fingerprint density at radius 3 is 2.12 bits per heavy atom. The van der Waals surface area contributed by atoms with Crippen molar-refractivity contribution < 1.29 is 18.9 Å². The number of rotatable bonds is 16. The molecule has 0 bridgehead atoms. The summed E-state index contributed by atoms with van der Waals surface area (Å²) < 4.78 is 21.8. The van der Waals surface area contributed by atoms with Crippen molar-refractivity contribution in [3.63, 3.8) is 0 Å². The first-order chi connectivity index (χ1) is 25.0. The van der Waals surface area contributed by atoms with Gasteiger partial charge in [0, 0.05) is 49.8 Å². The second kappa shape index (κ2) is 17.6. The Labute approximate surface area is 306 Å². The van der Waals surface area contributed by atoms with Crippen molar-refractivity contribution in [2.45, 2.75) is 83.5 Å². The molecule has 3 aromatic carbocycles. The van der Waals surface area contributed by atoms with Crippen LogP contribution in [-0.4, -0.2) is 68.7 Å². The molecule has 1 unspecified atom stereocenters. The Morgan fingerprint density at radius 2 is 1.58 bits per heavy atom. The van der Waals surface area contributed by atoms with Gasteiger partial charge in [0.25, 0.3) is 14.1 Å². The van der Waals surface area contributed by atoms with E-state index >= 15 is 0 Å². The van der Waals surface area contributed by atoms with Crippen molar-refractivity contribution in [2.75, 3.05) is 20.2 Å². The molecular formula is C39H49N6O6P. The van der Waals surface area contributed by atoms with E-state index in [1.165, 1.54) is 10.8 Å². The minimum absolute atomic E-state index is 0.0223. The van der Waals surface area contributed by atoms with E-state index in [0.717, 1.165) is 22.4 Å². The number of aryl methyl sites for hydroxylation is 1. The van der Waals surface area contributed by atoms with Crippen LogP contribution in [-0.2, 0) is 14.8 Å². The zero-order valence-corrected chi connectivity index (χ0v) is 31.5. The van der Waals surface area contributed by atoms with Crippen molar-refractivity contribution in [3.8, 4) is 11.8 Å². The van der Waals surface area contributed by atoms with Crippen LogP contribution in [0, 0.1) is 18.3 Å². The summed E-state index contributed by atoms with van der Waals surface area (Å²) in [7, 11) is -0.603. The number of ether oxygens (including phenoxy) is 2. The lowest BCUT2D eigenvalue weighted by atomic mass is 9.77. The van der Waals surface area contributed by atoms with Gasteiger partial charge in [-0.15, -0.1) is 0 Å². The largest absolute Gasteiger partial charge is 0.497 e. The summed E-state index contributed by atoms with van der Waals surface area (Å²) in [5.74, 6) is 0.727. The predicted octanol–water partition coefficient (Wildman–Crippen LogP) is 5.58. The Hall–Kier alpha value is -4.18. The van der Waals surface area contributed by atoms with Crippen LogP contribution in [0.15, 0.2) is 101 Å². The fourth-order valence-electron chi connectivity index (χ4n) is 6.99. The van der Waals surface area contributed by atoms with Gasteiger partial charge in [0.15, 0.2) is 0 Å². The highest BCUT2D eigenvalue weighted by Crippen LogP contribution is 2.46. The van der Waals surface area contributed by atoms with E-state index in [4.69, 9.17) is 14.0 Å². The number of methoxy groups -OCH3 is 1. The maximum Gasteiger partial charge on any atom is 0.330 e. The Morgan fingerprint density at radius 1 is 1.00 bits per heavy atom. The number of aromatic amines is 1. The minimum Gasteiger partial charge on any atom is -0.497 e. The summed E-state index contributed by atoms with van der Waals surface area (Å²) >= 11 is 0. The monoisotopic (exact) mass is 728 g/mol. The Balaban J connectivity index is 1.57. The van der Waals surface area contributed by atoms with E-state index in [-0.39, 0.29) is 38.0 Å². The Kier molecular flexibility index (Phi) is 13.2. The summed E-state index contributed by atoms with van der Waals surface area (Å²) in [6, 6.07) is 30.4. The smallest absolute Gasteiger partial charge is 0.330 e. The van der Waals surface area contributed by atoms with Crippen LogP contribution < -0.4 is 21.3 Å². The zero-order valence-electron chi connectivity index (χ0n) is 30.6. The van der Waals surface area contributed by atoms with Crippen LogP contribution in [0.4, 0.5) is 0 Å². The summed E-state index contributed by atoms with van der Waals surface area (Å²) in [5.41, 5.74) is 1.38. The lowest BCUT2D eigenvalue weighted by molar-refractivity contribution is -0.0364. The molecule has 1 aromatic heterocycles. The maximum absolute atomic E-state index is 13.1. The number of hydrogen-bond acceptors (Lipinski definition) is 10. The van der Waals surface area contributed by atoms with Crippen molar-refractivity contribution >= 4 is 8.53 Å². The predicted molar refractivity (Wildman–Crippen MR) is 201 cm³/mol.